The van der Waals surface area contributed by atoms with Crippen LogP contribution in [0.4, 0.5) is 0 Å². The van der Waals surface area contributed by atoms with Crippen LogP contribution in [0.5, 0.6) is 0 Å². The molecule has 2 rings (SSSR count). The van der Waals surface area contributed by atoms with Crippen molar-refractivity contribution < 1.29 is 0 Å². The molecule has 2 N–H and O–H groups in total. The fourth-order valence-corrected chi connectivity index (χ4v) is 2.39. The van der Waals surface area contributed by atoms with Crippen molar-refractivity contribution in [2.75, 3.05) is 0 Å². The van der Waals surface area contributed by atoms with Crippen molar-refractivity contribution in [3.05, 3.63) is 40.6 Å². The molecule has 4 heteroatoms. The number of rotatable bonds is 4. The summed E-state index contributed by atoms with van der Waals surface area (Å²) in [5, 5.41) is 2.09. The minimum Gasteiger partial charge on any atom is -0.338 e. The third-order valence-corrected chi connectivity index (χ3v) is 3.31. The summed E-state index contributed by atoms with van der Waals surface area (Å²) in [4.78, 5) is 5.62. The Kier molecular flexibility index (Phi) is 3.18. The molecule has 0 aliphatic rings. The molecular weight excluding hydrogens is 206 g/mol. The summed E-state index contributed by atoms with van der Waals surface area (Å²) >= 11 is 1.76. The van der Waals surface area contributed by atoms with E-state index in [4.69, 9.17) is 5.73 Å². The van der Waals surface area contributed by atoms with Gasteiger partial charge < -0.3 is 10.3 Å². The third kappa shape index (κ3) is 2.67. The van der Waals surface area contributed by atoms with E-state index in [-0.39, 0.29) is 6.04 Å². The highest BCUT2D eigenvalue weighted by Crippen LogP contribution is 2.12. The Bertz CT molecular complexity index is 405. The van der Waals surface area contributed by atoms with Crippen molar-refractivity contribution in [2.45, 2.75) is 18.9 Å². The maximum atomic E-state index is 6.08. The van der Waals surface area contributed by atoms with Crippen molar-refractivity contribution >= 4 is 11.3 Å². The highest BCUT2D eigenvalue weighted by Gasteiger charge is 2.08. The van der Waals surface area contributed by atoms with Crippen LogP contribution in [0.15, 0.2) is 29.9 Å². The lowest BCUT2D eigenvalue weighted by atomic mass is 10.1. The number of hydrogen-bond donors (Lipinski definition) is 1. The van der Waals surface area contributed by atoms with Crippen molar-refractivity contribution in [3.63, 3.8) is 0 Å². The summed E-state index contributed by atoms with van der Waals surface area (Å²) in [5.74, 6) is 1.05. The Hall–Kier alpha value is -1.13. The Labute approximate surface area is 93.6 Å². The molecule has 1 atom stereocenters. The van der Waals surface area contributed by atoms with Crippen molar-refractivity contribution in [1.29, 1.82) is 0 Å². The van der Waals surface area contributed by atoms with Crippen LogP contribution in [0.1, 0.15) is 10.7 Å². The largest absolute Gasteiger partial charge is 0.338 e. The van der Waals surface area contributed by atoms with Crippen LogP contribution >= 0.6 is 11.3 Å². The zero-order valence-electron chi connectivity index (χ0n) is 8.76. The second kappa shape index (κ2) is 4.59. The minimum atomic E-state index is 0.157. The molecule has 0 fully saturated rings. The Morgan fingerprint density at radius 2 is 2.40 bits per heavy atom. The molecule has 2 aromatic heterocycles. The SMILES string of the molecule is Cn1ccnc1CC(N)Cc1cccs1. The van der Waals surface area contributed by atoms with Crippen LogP contribution in [-0.4, -0.2) is 15.6 Å². The van der Waals surface area contributed by atoms with Crippen LogP contribution in [0.2, 0.25) is 0 Å². The lowest BCUT2D eigenvalue weighted by molar-refractivity contribution is 0.626. The summed E-state index contributed by atoms with van der Waals surface area (Å²) in [5.41, 5.74) is 6.08. The fraction of sp³-hybridized carbons (Fsp3) is 0.364. The van der Waals surface area contributed by atoms with E-state index in [1.165, 1.54) is 4.88 Å². The molecule has 0 radical (unpaired) electrons. The van der Waals surface area contributed by atoms with Gasteiger partial charge in [-0.1, -0.05) is 6.07 Å². The number of aromatic nitrogens is 2. The molecule has 80 valence electrons. The minimum absolute atomic E-state index is 0.157. The Balaban J connectivity index is 1.93. The first-order valence-corrected chi connectivity index (χ1v) is 5.88. The van der Waals surface area contributed by atoms with Gasteiger partial charge in [0.05, 0.1) is 0 Å². The molecule has 1 unspecified atom stereocenters. The van der Waals surface area contributed by atoms with Gasteiger partial charge in [-0.2, -0.15) is 0 Å². The molecule has 15 heavy (non-hydrogen) atoms. The summed E-state index contributed by atoms with van der Waals surface area (Å²) in [7, 11) is 2.00. The molecular formula is C11H15N3S. The van der Waals surface area contributed by atoms with Crippen LogP contribution < -0.4 is 5.73 Å². The number of nitrogens with zero attached hydrogens (tertiary/aromatic N) is 2. The predicted molar refractivity (Wildman–Crippen MR) is 62.9 cm³/mol. The van der Waals surface area contributed by atoms with Gasteiger partial charge in [0.1, 0.15) is 5.82 Å². The van der Waals surface area contributed by atoms with Gasteiger partial charge in [0.15, 0.2) is 0 Å². The molecule has 0 saturated carbocycles. The quantitative estimate of drug-likeness (QED) is 0.852. The van der Waals surface area contributed by atoms with Crippen molar-refractivity contribution in [3.8, 4) is 0 Å². The highest BCUT2D eigenvalue weighted by atomic mass is 32.1. The van der Waals surface area contributed by atoms with E-state index in [2.05, 4.69) is 22.5 Å². The van der Waals surface area contributed by atoms with E-state index in [1.807, 2.05) is 24.0 Å². The first-order valence-electron chi connectivity index (χ1n) is 5.00. The zero-order valence-corrected chi connectivity index (χ0v) is 9.57. The van der Waals surface area contributed by atoms with Crippen LogP contribution in [0.25, 0.3) is 0 Å². The van der Waals surface area contributed by atoms with Crippen LogP contribution in [0, 0.1) is 0 Å². The van der Waals surface area contributed by atoms with E-state index in [9.17, 15) is 0 Å². The summed E-state index contributed by atoms with van der Waals surface area (Å²) in [6.45, 7) is 0. The average molecular weight is 221 g/mol. The number of nitrogens with two attached hydrogens (primary N) is 1. The summed E-state index contributed by atoms with van der Waals surface area (Å²) < 4.78 is 2.02. The summed E-state index contributed by atoms with van der Waals surface area (Å²) in [6.07, 6.45) is 5.53. The normalized spacial score (nSPS) is 12.9. The molecule has 2 heterocycles. The number of thiophene rings is 1. The molecule has 0 aliphatic carbocycles. The van der Waals surface area contributed by atoms with Gasteiger partial charge in [0, 0.05) is 36.8 Å². The second-order valence-corrected chi connectivity index (χ2v) is 4.73. The van der Waals surface area contributed by atoms with Crippen molar-refractivity contribution in [1.82, 2.24) is 9.55 Å². The monoisotopic (exact) mass is 221 g/mol. The number of hydrogen-bond acceptors (Lipinski definition) is 3. The van der Waals surface area contributed by atoms with Gasteiger partial charge in [-0.3, -0.25) is 0 Å². The second-order valence-electron chi connectivity index (χ2n) is 3.70. The predicted octanol–water partition coefficient (Wildman–Crippen LogP) is 1.59. The Morgan fingerprint density at radius 1 is 1.53 bits per heavy atom. The van der Waals surface area contributed by atoms with E-state index in [1.54, 1.807) is 11.3 Å². The standard InChI is InChI=1S/C11H15N3S/c1-14-5-4-13-11(14)8-9(12)7-10-3-2-6-15-10/h2-6,9H,7-8,12H2,1H3. The van der Waals surface area contributed by atoms with Gasteiger partial charge in [-0.25, -0.2) is 4.98 Å². The number of imidazole rings is 1. The highest BCUT2D eigenvalue weighted by molar-refractivity contribution is 7.09. The van der Waals surface area contributed by atoms with E-state index in [0.29, 0.717) is 0 Å². The van der Waals surface area contributed by atoms with Crippen LogP contribution in [-0.2, 0) is 19.9 Å². The molecule has 0 amide bonds. The van der Waals surface area contributed by atoms with Gasteiger partial charge >= 0.3 is 0 Å². The zero-order chi connectivity index (χ0) is 10.7. The van der Waals surface area contributed by atoms with Gasteiger partial charge in [0.2, 0.25) is 0 Å². The maximum Gasteiger partial charge on any atom is 0.109 e. The van der Waals surface area contributed by atoms with E-state index < -0.39 is 0 Å². The number of aryl methyl sites for hydroxylation is 1. The third-order valence-electron chi connectivity index (χ3n) is 2.41. The lowest BCUT2D eigenvalue weighted by Crippen LogP contribution is -2.26. The topological polar surface area (TPSA) is 43.8 Å². The first-order chi connectivity index (χ1) is 7.25. The van der Waals surface area contributed by atoms with E-state index >= 15 is 0 Å². The molecule has 2 aromatic rings. The maximum absolute atomic E-state index is 6.08. The molecule has 0 bridgehead atoms. The van der Waals surface area contributed by atoms with Gasteiger partial charge in [-0.05, 0) is 17.9 Å². The molecule has 0 aromatic carbocycles. The van der Waals surface area contributed by atoms with Gasteiger partial charge in [-0.15, -0.1) is 11.3 Å². The first kappa shape index (κ1) is 10.4. The smallest absolute Gasteiger partial charge is 0.109 e. The van der Waals surface area contributed by atoms with Crippen molar-refractivity contribution in [2.24, 2.45) is 12.8 Å². The molecule has 0 aliphatic heterocycles. The molecule has 0 saturated heterocycles. The lowest BCUT2D eigenvalue weighted by Gasteiger charge is -2.09. The Morgan fingerprint density at radius 3 is 3.00 bits per heavy atom. The van der Waals surface area contributed by atoms with Gasteiger partial charge in [0.25, 0.3) is 0 Å². The van der Waals surface area contributed by atoms with E-state index in [0.717, 1.165) is 18.7 Å². The van der Waals surface area contributed by atoms with Crippen LogP contribution in [0.3, 0.4) is 0 Å². The molecule has 0 spiro atoms. The fourth-order valence-electron chi connectivity index (χ4n) is 1.59. The molecule has 3 nitrogen and oxygen atoms in total. The summed E-state index contributed by atoms with van der Waals surface area (Å²) in [6, 6.07) is 4.35. The average Bonchev–Trinajstić information content (AvgIpc) is 2.79.